The maximum atomic E-state index is 13.8. The van der Waals surface area contributed by atoms with Gasteiger partial charge >= 0.3 is 12.2 Å². The van der Waals surface area contributed by atoms with Crippen LogP contribution in [0.5, 0.6) is 0 Å². The number of aromatic nitrogens is 1. The third-order valence-corrected chi connectivity index (χ3v) is 6.71. The van der Waals surface area contributed by atoms with Crippen LogP contribution in [-0.4, -0.2) is 65.0 Å². The van der Waals surface area contributed by atoms with Crippen LogP contribution in [-0.2, 0) is 32.1 Å². The topological polar surface area (TPSA) is 165 Å². The lowest BCUT2D eigenvalue weighted by Gasteiger charge is -2.26. The first kappa shape index (κ1) is 36.2. The number of carbonyl (C=O) groups excluding carboxylic acids is 5. The summed E-state index contributed by atoms with van der Waals surface area (Å²) >= 11 is 0. The molecular formula is C35H43N5O7. The summed E-state index contributed by atoms with van der Waals surface area (Å²) in [5, 5.41) is 10.6. The standard InChI is InChI=1S/C35H43N5O7/c1-5-14-27(40-34(45)46-23-25-17-10-7-11-18-25)31(42)38-28(21-24-15-8-6-9-16-24)32(43)39-29(22-37-33(44)47-35(2,3)4)30(41)26-19-12-13-20-36-26/h6-13,15-20,27-29H,5,14,21-23H2,1-4H3,(H,37,44)(H,38,42)(H,39,43)(H,40,45)/t27-,28-,29-/m0/s1. The van der Waals surface area contributed by atoms with Gasteiger partial charge in [-0.3, -0.25) is 19.4 Å². The molecule has 0 saturated heterocycles. The van der Waals surface area contributed by atoms with Crippen LogP contribution in [0.2, 0.25) is 0 Å². The van der Waals surface area contributed by atoms with Crippen molar-refractivity contribution < 1.29 is 33.4 Å². The number of nitrogens with zero attached hydrogens (tertiary/aromatic N) is 1. The van der Waals surface area contributed by atoms with E-state index in [2.05, 4.69) is 26.3 Å². The number of carbonyl (C=O) groups is 5. The largest absolute Gasteiger partial charge is 0.445 e. The highest BCUT2D eigenvalue weighted by Gasteiger charge is 2.31. The first-order chi connectivity index (χ1) is 22.4. The summed E-state index contributed by atoms with van der Waals surface area (Å²) in [5.74, 6) is -1.82. The van der Waals surface area contributed by atoms with E-state index in [9.17, 15) is 24.0 Å². The van der Waals surface area contributed by atoms with Crippen LogP contribution >= 0.6 is 0 Å². The number of hydrogen-bond acceptors (Lipinski definition) is 8. The predicted octanol–water partition coefficient (Wildman–Crippen LogP) is 4.10. The van der Waals surface area contributed by atoms with Gasteiger partial charge in [-0.15, -0.1) is 0 Å². The van der Waals surface area contributed by atoms with Crippen molar-refractivity contribution in [2.45, 2.75) is 77.3 Å². The summed E-state index contributed by atoms with van der Waals surface area (Å²) in [7, 11) is 0. The molecule has 3 atom stereocenters. The second-order valence-corrected chi connectivity index (χ2v) is 11.8. The van der Waals surface area contributed by atoms with Gasteiger partial charge in [-0.25, -0.2) is 9.59 Å². The number of pyridine rings is 1. The molecule has 0 bridgehead atoms. The lowest BCUT2D eigenvalue weighted by Crippen LogP contribution is -2.58. The molecule has 3 rings (SSSR count). The molecule has 2 aromatic carbocycles. The Labute approximate surface area is 275 Å². The lowest BCUT2D eigenvalue weighted by molar-refractivity contribution is -0.130. The molecule has 0 aliphatic heterocycles. The Morgan fingerprint density at radius 3 is 1.91 bits per heavy atom. The zero-order valence-corrected chi connectivity index (χ0v) is 27.2. The van der Waals surface area contributed by atoms with Crippen molar-refractivity contribution in [3.8, 4) is 0 Å². The summed E-state index contributed by atoms with van der Waals surface area (Å²) in [4.78, 5) is 69.9. The molecule has 4 N–H and O–H groups in total. The van der Waals surface area contributed by atoms with Gasteiger partial charge in [0.2, 0.25) is 17.6 Å². The summed E-state index contributed by atoms with van der Waals surface area (Å²) in [5.41, 5.74) is 0.827. The van der Waals surface area contributed by atoms with E-state index >= 15 is 0 Å². The van der Waals surface area contributed by atoms with Crippen molar-refractivity contribution in [1.29, 1.82) is 0 Å². The van der Waals surface area contributed by atoms with E-state index < -0.39 is 53.5 Å². The van der Waals surface area contributed by atoms with E-state index in [4.69, 9.17) is 9.47 Å². The van der Waals surface area contributed by atoms with Gasteiger partial charge in [0.25, 0.3) is 0 Å². The van der Waals surface area contributed by atoms with Crippen molar-refractivity contribution in [1.82, 2.24) is 26.3 Å². The van der Waals surface area contributed by atoms with Crippen molar-refractivity contribution >= 4 is 29.8 Å². The SMILES string of the molecule is CCC[C@H](NC(=O)OCc1ccccc1)C(=O)N[C@@H](Cc1ccccc1)C(=O)N[C@@H](CNC(=O)OC(C)(C)C)C(=O)c1ccccn1. The van der Waals surface area contributed by atoms with Gasteiger partial charge in [0.1, 0.15) is 36.0 Å². The Hall–Kier alpha value is -5.26. The van der Waals surface area contributed by atoms with Gasteiger partial charge in [0.05, 0.1) is 0 Å². The average molecular weight is 646 g/mol. The summed E-state index contributed by atoms with van der Waals surface area (Å²) in [6, 6.07) is 19.5. The molecule has 250 valence electrons. The second-order valence-electron chi connectivity index (χ2n) is 11.8. The fraction of sp³-hybridized carbons (Fsp3) is 0.371. The van der Waals surface area contributed by atoms with Gasteiger partial charge in [0.15, 0.2) is 0 Å². The van der Waals surface area contributed by atoms with Crippen LogP contribution in [0.25, 0.3) is 0 Å². The molecule has 0 saturated carbocycles. The third-order valence-electron chi connectivity index (χ3n) is 6.71. The van der Waals surface area contributed by atoms with Crippen molar-refractivity contribution in [3.05, 3.63) is 102 Å². The van der Waals surface area contributed by atoms with E-state index in [1.165, 1.54) is 12.3 Å². The zero-order chi connectivity index (χ0) is 34.2. The molecule has 1 aromatic heterocycles. The molecule has 0 fully saturated rings. The van der Waals surface area contributed by atoms with Crippen molar-refractivity contribution in [3.63, 3.8) is 0 Å². The predicted molar refractivity (Wildman–Crippen MR) is 175 cm³/mol. The van der Waals surface area contributed by atoms with Gasteiger partial charge in [-0.05, 0) is 50.5 Å². The molecule has 3 aromatic rings. The van der Waals surface area contributed by atoms with Crippen LogP contribution in [0.3, 0.4) is 0 Å². The van der Waals surface area contributed by atoms with Crippen LogP contribution < -0.4 is 21.3 Å². The van der Waals surface area contributed by atoms with Crippen LogP contribution in [0, 0.1) is 0 Å². The van der Waals surface area contributed by atoms with E-state index in [0.717, 1.165) is 11.1 Å². The highest BCUT2D eigenvalue weighted by atomic mass is 16.6. The molecule has 12 nitrogen and oxygen atoms in total. The Morgan fingerprint density at radius 2 is 1.32 bits per heavy atom. The smallest absolute Gasteiger partial charge is 0.408 e. The molecule has 12 heteroatoms. The Kier molecular flexibility index (Phi) is 13.9. The summed E-state index contributed by atoms with van der Waals surface area (Å²) < 4.78 is 10.6. The van der Waals surface area contributed by atoms with Crippen LogP contribution in [0.1, 0.15) is 62.2 Å². The van der Waals surface area contributed by atoms with Gasteiger partial charge in [-0.1, -0.05) is 80.1 Å². The fourth-order valence-corrected chi connectivity index (χ4v) is 4.46. The first-order valence-corrected chi connectivity index (χ1v) is 15.5. The number of ether oxygens (including phenoxy) is 2. The molecule has 47 heavy (non-hydrogen) atoms. The number of ketones is 1. The van der Waals surface area contributed by atoms with Gasteiger partial charge in [-0.2, -0.15) is 0 Å². The minimum Gasteiger partial charge on any atom is -0.445 e. The average Bonchev–Trinajstić information content (AvgIpc) is 3.05. The summed E-state index contributed by atoms with van der Waals surface area (Å²) in [6.45, 7) is 6.68. The van der Waals surface area contributed by atoms with E-state index in [-0.39, 0.29) is 31.7 Å². The zero-order valence-electron chi connectivity index (χ0n) is 27.2. The first-order valence-electron chi connectivity index (χ1n) is 15.5. The Balaban J connectivity index is 1.78. The number of amides is 4. The number of alkyl carbamates (subject to hydrolysis) is 2. The minimum absolute atomic E-state index is 0.0230. The molecule has 0 spiro atoms. The fourth-order valence-electron chi connectivity index (χ4n) is 4.46. The number of benzene rings is 2. The van der Waals surface area contributed by atoms with E-state index in [1.807, 2.05) is 43.3 Å². The number of nitrogens with one attached hydrogen (secondary N) is 4. The molecule has 0 aliphatic carbocycles. The Bertz CT molecular complexity index is 1460. The Morgan fingerprint density at radius 1 is 0.723 bits per heavy atom. The van der Waals surface area contributed by atoms with Crippen LogP contribution in [0.15, 0.2) is 85.1 Å². The maximum Gasteiger partial charge on any atom is 0.408 e. The highest BCUT2D eigenvalue weighted by molar-refractivity contribution is 6.02. The summed E-state index contributed by atoms with van der Waals surface area (Å²) in [6.07, 6.45) is 0.820. The molecule has 0 radical (unpaired) electrons. The molecule has 0 aliphatic rings. The molecule has 1 heterocycles. The number of rotatable bonds is 15. The molecular weight excluding hydrogens is 602 g/mol. The molecule has 4 amide bonds. The number of hydrogen-bond donors (Lipinski definition) is 4. The highest BCUT2D eigenvalue weighted by Crippen LogP contribution is 2.09. The monoisotopic (exact) mass is 645 g/mol. The quantitative estimate of drug-likeness (QED) is 0.180. The van der Waals surface area contributed by atoms with Gasteiger partial charge in [0, 0.05) is 19.2 Å². The van der Waals surface area contributed by atoms with E-state index in [1.54, 1.807) is 57.2 Å². The molecule has 0 unspecified atom stereocenters. The van der Waals surface area contributed by atoms with Gasteiger partial charge < -0.3 is 30.7 Å². The van der Waals surface area contributed by atoms with E-state index in [0.29, 0.717) is 6.42 Å². The normalized spacial score (nSPS) is 12.9. The van der Waals surface area contributed by atoms with Crippen molar-refractivity contribution in [2.24, 2.45) is 0 Å². The third kappa shape index (κ3) is 12.9. The lowest BCUT2D eigenvalue weighted by atomic mass is 10.0. The van der Waals surface area contributed by atoms with Crippen LogP contribution in [0.4, 0.5) is 9.59 Å². The number of Topliss-reactive ketones (excluding diaryl/α,β-unsaturated/α-hetero) is 1. The minimum atomic E-state index is -1.24. The maximum absolute atomic E-state index is 13.8. The van der Waals surface area contributed by atoms with Crippen molar-refractivity contribution in [2.75, 3.05) is 6.54 Å². The second kappa shape index (κ2) is 18.0.